The lowest BCUT2D eigenvalue weighted by molar-refractivity contribution is -0.143. The van der Waals surface area contributed by atoms with E-state index in [4.69, 9.17) is 15.6 Å². The van der Waals surface area contributed by atoms with Crippen LogP contribution in [0, 0.1) is 17.7 Å². The van der Waals surface area contributed by atoms with Gasteiger partial charge in [0.1, 0.15) is 24.3 Å². The van der Waals surface area contributed by atoms with E-state index in [0.717, 1.165) is 0 Å². The van der Waals surface area contributed by atoms with Crippen molar-refractivity contribution in [3.05, 3.63) is 29.1 Å². The number of aromatic hydroxyl groups is 1. The number of Topliss-reactive ketones (excluding diaryl/α,β-unsaturated/α-hetero) is 1. The van der Waals surface area contributed by atoms with Crippen molar-refractivity contribution in [3.63, 3.8) is 0 Å². The van der Waals surface area contributed by atoms with Gasteiger partial charge in [0.15, 0.2) is 17.3 Å². The van der Waals surface area contributed by atoms with Gasteiger partial charge in [0.25, 0.3) is 5.91 Å². The maximum Gasteiger partial charge on any atom is 0.326 e. The molecule has 0 bridgehead atoms. The molecule has 184 valence electrons. The van der Waals surface area contributed by atoms with Gasteiger partial charge in [0.05, 0.1) is 12.3 Å². The van der Waals surface area contributed by atoms with Gasteiger partial charge in [0, 0.05) is 24.8 Å². The number of rotatable bonds is 10. The summed E-state index contributed by atoms with van der Waals surface area (Å²) in [4.78, 5) is 48.4. The topological polar surface area (TPSA) is 173 Å². The average Bonchev–Trinajstić information content (AvgIpc) is 2.79. The monoisotopic (exact) mass is 473 g/mol. The molecule has 0 saturated heterocycles. The Morgan fingerprint density at radius 3 is 2.53 bits per heavy atom. The van der Waals surface area contributed by atoms with Crippen molar-refractivity contribution in [1.29, 1.82) is 10.8 Å². The number of carbonyl (C=O) groups excluding carboxylic acids is 3. The van der Waals surface area contributed by atoms with E-state index in [9.17, 15) is 19.5 Å². The van der Waals surface area contributed by atoms with E-state index in [-0.39, 0.29) is 61.0 Å². The van der Waals surface area contributed by atoms with Crippen LogP contribution in [0.4, 0.5) is 0 Å². The van der Waals surface area contributed by atoms with Crippen molar-refractivity contribution in [3.8, 4) is 5.75 Å². The Balaban J connectivity index is 2.31. The number of aromatic nitrogens is 2. The zero-order chi connectivity index (χ0) is 25.6. The molecule has 0 fully saturated rings. The van der Waals surface area contributed by atoms with Crippen molar-refractivity contribution in [2.45, 2.75) is 47.1 Å². The Morgan fingerprint density at radius 2 is 1.94 bits per heavy atom. The molecule has 0 spiro atoms. The van der Waals surface area contributed by atoms with Gasteiger partial charge in [-0.1, -0.05) is 6.92 Å². The maximum atomic E-state index is 13.1. The Morgan fingerprint density at radius 1 is 1.26 bits per heavy atom. The summed E-state index contributed by atoms with van der Waals surface area (Å²) in [6, 6.07) is -0.198. The zero-order valence-electron chi connectivity index (χ0n) is 20.1. The number of aryl methyl sites for hydroxylation is 1. The fourth-order valence-electron chi connectivity index (χ4n) is 3.55. The largest absolute Gasteiger partial charge is 0.504 e. The van der Waals surface area contributed by atoms with Gasteiger partial charge in [-0.15, -0.1) is 0 Å². The summed E-state index contributed by atoms with van der Waals surface area (Å²) in [5.41, 5.74) is 0.243. The Bertz CT molecular complexity index is 1030. The molecule has 1 amide bonds. The van der Waals surface area contributed by atoms with Crippen LogP contribution < -0.4 is 5.32 Å². The van der Waals surface area contributed by atoms with Gasteiger partial charge in [0.2, 0.25) is 5.78 Å². The fraction of sp³-hybridized carbons (Fsp3) is 0.500. The van der Waals surface area contributed by atoms with Crippen LogP contribution in [0.25, 0.3) is 0 Å². The van der Waals surface area contributed by atoms with Crippen LogP contribution in [0.5, 0.6) is 5.75 Å². The maximum absolute atomic E-state index is 13.1. The molecule has 0 radical (unpaired) electrons. The van der Waals surface area contributed by atoms with Gasteiger partial charge >= 0.3 is 5.97 Å². The molecule has 4 N–H and O–H groups in total. The van der Waals surface area contributed by atoms with Gasteiger partial charge in [-0.3, -0.25) is 25.2 Å². The first-order valence-electron chi connectivity index (χ1n) is 11.0. The van der Waals surface area contributed by atoms with Crippen molar-refractivity contribution < 1.29 is 24.2 Å². The van der Waals surface area contributed by atoms with E-state index in [1.165, 1.54) is 11.2 Å². The van der Waals surface area contributed by atoms with Gasteiger partial charge < -0.3 is 25.0 Å². The van der Waals surface area contributed by atoms with Gasteiger partial charge in [-0.25, -0.2) is 9.97 Å². The molecular weight excluding hydrogens is 442 g/mol. The number of esters is 1. The first-order valence-corrected chi connectivity index (χ1v) is 11.0. The number of nitrogens with one attached hydrogen (secondary N) is 3. The SMILES string of the molecule is CCOC(=O)CN1C(=N)C(=N)C(=O)C(N(CCNC(=O)c2ncnc(C)c2O)C(C)C)=C1CC. The first-order chi connectivity index (χ1) is 16.0. The van der Waals surface area contributed by atoms with Crippen molar-refractivity contribution in [1.82, 2.24) is 25.1 Å². The Kier molecular flexibility index (Phi) is 8.82. The summed E-state index contributed by atoms with van der Waals surface area (Å²) in [5.74, 6) is -2.44. The summed E-state index contributed by atoms with van der Waals surface area (Å²) in [5, 5.41) is 29.1. The number of ketones is 1. The van der Waals surface area contributed by atoms with Crippen molar-refractivity contribution in [2.24, 2.45) is 0 Å². The number of carbonyl (C=O) groups is 3. The molecule has 0 aliphatic carbocycles. The Labute approximate surface area is 198 Å². The first kappa shape index (κ1) is 26.4. The fourth-order valence-corrected chi connectivity index (χ4v) is 3.55. The van der Waals surface area contributed by atoms with Crippen LogP contribution in [-0.4, -0.2) is 86.4 Å². The van der Waals surface area contributed by atoms with Crippen LogP contribution in [0.1, 0.15) is 50.3 Å². The van der Waals surface area contributed by atoms with E-state index < -0.39 is 23.4 Å². The summed E-state index contributed by atoms with van der Waals surface area (Å²) in [6.45, 7) is 8.92. The van der Waals surface area contributed by atoms with E-state index in [2.05, 4.69) is 15.3 Å². The molecule has 0 saturated carbocycles. The standard InChI is InChI=1S/C22H31N7O5/c1-6-14-18(20(32)16(23)21(24)29(14)10-15(30)34-7-2)28(12(3)4)9-8-25-22(33)17-19(31)13(5)26-11-27-17/h11-12,23-24,31H,6-10H2,1-5H3,(H,25,33). The van der Waals surface area contributed by atoms with Crippen molar-refractivity contribution in [2.75, 3.05) is 26.2 Å². The van der Waals surface area contributed by atoms with E-state index in [1.807, 2.05) is 13.8 Å². The van der Waals surface area contributed by atoms with Gasteiger partial charge in [-0.2, -0.15) is 0 Å². The van der Waals surface area contributed by atoms with Crippen LogP contribution in [0.2, 0.25) is 0 Å². The minimum atomic E-state index is -0.619. The number of hydrogen-bond acceptors (Lipinski definition) is 10. The molecule has 0 atom stereocenters. The highest BCUT2D eigenvalue weighted by molar-refractivity contribution is 6.69. The number of ether oxygens (including phenoxy) is 1. The third-order valence-corrected chi connectivity index (χ3v) is 5.24. The smallest absolute Gasteiger partial charge is 0.326 e. The molecule has 2 heterocycles. The number of nitrogens with zero attached hydrogens (tertiary/aromatic N) is 4. The van der Waals surface area contributed by atoms with Crippen LogP contribution in [-0.2, 0) is 14.3 Å². The van der Waals surface area contributed by atoms with Crippen LogP contribution >= 0.6 is 0 Å². The lowest BCUT2D eigenvalue weighted by Gasteiger charge is -2.39. The quantitative estimate of drug-likeness (QED) is 0.362. The normalized spacial score (nSPS) is 14.1. The lowest BCUT2D eigenvalue weighted by Crippen LogP contribution is -2.52. The highest BCUT2D eigenvalue weighted by atomic mass is 16.5. The van der Waals surface area contributed by atoms with Crippen LogP contribution in [0.3, 0.4) is 0 Å². The third kappa shape index (κ3) is 5.56. The molecule has 34 heavy (non-hydrogen) atoms. The average molecular weight is 474 g/mol. The van der Waals surface area contributed by atoms with Crippen LogP contribution in [0.15, 0.2) is 17.7 Å². The predicted molar refractivity (Wildman–Crippen MR) is 124 cm³/mol. The summed E-state index contributed by atoms with van der Waals surface area (Å²) in [6.07, 6.45) is 1.52. The molecule has 1 aliphatic heterocycles. The molecule has 12 heteroatoms. The molecule has 0 aromatic carbocycles. The molecule has 0 unspecified atom stereocenters. The molecule has 1 aromatic heterocycles. The number of hydrogen-bond donors (Lipinski definition) is 4. The summed E-state index contributed by atoms with van der Waals surface area (Å²) in [7, 11) is 0. The van der Waals surface area contributed by atoms with Gasteiger partial charge in [-0.05, 0) is 34.1 Å². The number of allylic oxidation sites excluding steroid dienone is 2. The molecule has 12 nitrogen and oxygen atoms in total. The molecular formula is C22H31N7O5. The highest BCUT2D eigenvalue weighted by Crippen LogP contribution is 2.26. The number of amides is 1. The summed E-state index contributed by atoms with van der Waals surface area (Å²) < 4.78 is 5.00. The number of amidine groups is 1. The zero-order valence-corrected chi connectivity index (χ0v) is 20.1. The Hall–Kier alpha value is -3.83. The van der Waals surface area contributed by atoms with E-state index >= 15 is 0 Å². The molecule has 1 aromatic rings. The minimum absolute atomic E-state index is 0.107. The summed E-state index contributed by atoms with van der Waals surface area (Å²) >= 11 is 0. The second-order valence-corrected chi connectivity index (χ2v) is 7.79. The second-order valence-electron chi connectivity index (χ2n) is 7.79. The third-order valence-electron chi connectivity index (χ3n) is 5.24. The van der Waals surface area contributed by atoms with E-state index in [0.29, 0.717) is 12.1 Å². The lowest BCUT2D eigenvalue weighted by atomic mass is 9.99. The molecule has 1 aliphatic rings. The highest BCUT2D eigenvalue weighted by Gasteiger charge is 2.38. The molecule has 2 rings (SSSR count). The predicted octanol–water partition coefficient (Wildman–Crippen LogP) is 0.997. The van der Waals surface area contributed by atoms with Crippen molar-refractivity contribution >= 4 is 29.2 Å². The minimum Gasteiger partial charge on any atom is -0.504 e. The van der Waals surface area contributed by atoms with E-state index in [1.54, 1.807) is 25.7 Å². The second kappa shape index (κ2) is 11.3.